The highest BCUT2D eigenvalue weighted by atomic mass is 14.6. The zero-order chi connectivity index (χ0) is 13.1. The number of nitrogens with two attached hydrogens (primary N) is 1. The molecule has 0 saturated heterocycles. The van der Waals surface area contributed by atoms with Crippen molar-refractivity contribution in [2.45, 2.75) is 96.8 Å². The lowest BCUT2D eigenvalue weighted by molar-refractivity contribution is 0.224. The highest BCUT2D eigenvalue weighted by molar-refractivity contribution is 4.82. The van der Waals surface area contributed by atoms with E-state index in [-0.39, 0.29) is 0 Å². The highest BCUT2D eigenvalue weighted by Gasteiger charge is 2.28. The van der Waals surface area contributed by atoms with Gasteiger partial charge in [-0.2, -0.15) is 0 Å². The highest BCUT2D eigenvalue weighted by Crippen LogP contribution is 2.38. The van der Waals surface area contributed by atoms with Crippen molar-refractivity contribution in [1.82, 2.24) is 0 Å². The maximum atomic E-state index is 6.09. The Bertz CT molecular complexity index is 180. The van der Waals surface area contributed by atoms with Gasteiger partial charge in [0.2, 0.25) is 0 Å². The molecule has 18 heavy (non-hydrogen) atoms. The molecule has 0 spiro atoms. The summed E-state index contributed by atoms with van der Waals surface area (Å²) in [5.41, 5.74) is 6.62. The van der Waals surface area contributed by atoms with Crippen molar-refractivity contribution in [3.63, 3.8) is 0 Å². The maximum absolute atomic E-state index is 6.09. The van der Waals surface area contributed by atoms with E-state index in [1.54, 1.807) is 0 Å². The van der Waals surface area contributed by atoms with Gasteiger partial charge in [0.25, 0.3) is 0 Å². The van der Waals surface area contributed by atoms with Gasteiger partial charge in [0.1, 0.15) is 0 Å². The van der Waals surface area contributed by atoms with Crippen molar-refractivity contribution in [2.75, 3.05) is 6.54 Å². The molecule has 0 aliphatic heterocycles. The second-order valence-electron chi connectivity index (χ2n) is 6.49. The minimum atomic E-state index is 0.528. The molecule has 0 radical (unpaired) electrons. The minimum Gasteiger partial charge on any atom is -0.330 e. The van der Waals surface area contributed by atoms with Crippen molar-refractivity contribution in [3.8, 4) is 0 Å². The minimum absolute atomic E-state index is 0.528. The average Bonchev–Trinajstić information content (AvgIpc) is 2.64. The van der Waals surface area contributed by atoms with E-state index in [9.17, 15) is 0 Å². The number of hydrogen-bond acceptors (Lipinski definition) is 1. The summed E-state index contributed by atoms with van der Waals surface area (Å²) < 4.78 is 0. The summed E-state index contributed by atoms with van der Waals surface area (Å²) in [4.78, 5) is 0. The third kappa shape index (κ3) is 6.22. The fourth-order valence-corrected chi connectivity index (χ4v) is 3.49. The maximum Gasteiger partial charge on any atom is -0.00205 e. The van der Waals surface area contributed by atoms with Crippen LogP contribution in [0.15, 0.2) is 0 Å². The van der Waals surface area contributed by atoms with E-state index in [0.29, 0.717) is 5.41 Å². The first-order valence-corrected chi connectivity index (χ1v) is 8.53. The topological polar surface area (TPSA) is 26.0 Å². The molecule has 0 aromatic carbocycles. The number of hydrogen-bond donors (Lipinski definition) is 1. The standard InChI is InChI=1S/C17H35N/c1-2-3-4-5-6-7-10-13-17(16-18)14-11-8-9-12-15-17/h2-16,18H2,1H3. The molecule has 2 N–H and O–H groups in total. The summed E-state index contributed by atoms with van der Waals surface area (Å²) >= 11 is 0. The summed E-state index contributed by atoms with van der Waals surface area (Å²) in [5.74, 6) is 0. The van der Waals surface area contributed by atoms with Crippen LogP contribution in [0.25, 0.3) is 0 Å². The van der Waals surface area contributed by atoms with Gasteiger partial charge in [-0.25, -0.2) is 0 Å². The van der Waals surface area contributed by atoms with Gasteiger partial charge < -0.3 is 5.73 Å². The van der Waals surface area contributed by atoms with E-state index in [1.165, 1.54) is 89.9 Å². The van der Waals surface area contributed by atoms with Crippen molar-refractivity contribution >= 4 is 0 Å². The lowest BCUT2D eigenvalue weighted by Crippen LogP contribution is -2.30. The van der Waals surface area contributed by atoms with E-state index in [0.717, 1.165) is 6.54 Å². The Morgan fingerprint density at radius 3 is 1.89 bits per heavy atom. The lowest BCUT2D eigenvalue weighted by atomic mass is 9.76. The fraction of sp³-hybridized carbons (Fsp3) is 1.00. The van der Waals surface area contributed by atoms with Gasteiger partial charge in [0, 0.05) is 0 Å². The Morgan fingerprint density at radius 1 is 0.778 bits per heavy atom. The summed E-state index contributed by atoms with van der Waals surface area (Å²) in [6.45, 7) is 3.22. The zero-order valence-corrected chi connectivity index (χ0v) is 12.7. The second-order valence-corrected chi connectivity index (χ2v) is 6.49. The smallest absolute Gasteiger partial charge is 0.00205 e. The predicted molar refractivity (Wildman–Crippen MR) is 81.8 cm³/mol. The van der Waals surface area contributed by atoms with E-state index < -0.39 is 0 Å². The molecule has 0 amide bonds. The fourth-order valence-electron chi connectivity index (χ4n) is 3.49. The van der Waals surface area contributed by atoms with Crippen LogP contribution >= 0.6 is 0 Å². The predicted octanol–water partition coefficient (Wildman–Crippen LogP) is 5.43. The van der Waals surface area contributed by atoms with Crippen LogP contribution in [0.2, 0.25) is 0 Å². The van der Waals surface area contributed by atoms with Crippen molar-refractivity contribution in [2.24, 2.45) is 11.1 Å². The van der Waals surface area contributed by atoms with E-state index in [2.05, 4.69) is 6.92 Å². The van der Waals surface area contributed by atoms with Crippen molar-refractivity contribution in [1.29, 1.82) is 0 Å². The normalized spacial score (nSPS) is 19.7. The molecular formula is C17H35N. The molecule has 1 rings (SSSR count). The molecule has 0 aromatic heterocycles. The third-order valence-corrected chi connectivity index (χ3v) is 4.91. The number of unbranched alkanes of at least 4 members (excludes halogenated alkanes) is 6. The Morgan fingerprint density at radius 2 is 1.33 bits per heavy atom. The van der Waals surface area contributed by atoms with Crippen LogP contribution in [0.3, 0.4) is 0 Å². The lowest BCUT2D eigenvalue weighted by Gasteiger charge is -2.31. The van der Waals surface area contributed by atoms with Crippen LogP contribution in [0.4, 0.5) is 0 Å². The summed E-state index contributed by atoms with van der Waals surface area (Å²) in [6, 6.07) is 0. The first-order valence-electron chi connectivity index (χ1n) is 8.53. The Kier molecular flexibility index (Phi) is 8.75. The molecule has 1 aliphatic carbocycles. The zero-order valence-electron chi connectivity index (χ0n) is 12.7. The van der Waals surface area contributed by atoms with Crippen molar-refractivity contribution < 1.29 is 0 Å². The molecule has 1 fully saturated rings. The molecule has 1 heteroatoms. The van der Waals surface area contributed by atoms with Gasteiger partial charge in [0.05, 0.1) is 0 Å². The van der Waals surface area contributed by atoms with Crippen LogP contribution in [-0.4, -0.2) is 6.54 Å². The van der Waals surface area contributed by atoms with E-state index >= 15 is 0 Å². The second kappa shape index (κ2) is 9.83. The van der Waals surface area contributed by atoms with E-state index in [4.69, 9.17) is 5.73 Å². The van der Waals surface area contributed by atoms with E-state index in [1.807, 2.05) is 0 Å². The molecule has 0 unspecified atom stereocenters. The van der Waals surface area contributed by atoms with Gasteiger partial charge in [-0.3, -0.25) is 0 Å². The van der Waals surface area contributed by atoms with Gasteiger partial charge in [-0.05, 0) is 31.2 Å². The van der Waals surface area contributed by atoms with Crippen LogP contribution < -0.4 is 5.73 Å². The summed E-state index contributed by atoms with van der Waals surface area (Å²) in [7, 11) is 0. The SMILES string of the molecule is CCCCCCCCCC1(CN)CCCCCC1. The first kappa shape index (κ1) is 16.0. The van der Waals surface area contributed by atoms with Gasteiger partial charge >= 0.3 is 0 Å². The molecule has 108 valence electrons. The van der Waals surface area contributed by atoms with Crippen LogP contribution in [-0.2, 0) is 0 Å². The quantitative estimate of drug-likeness (QED) is 0.430. The monoisotopic (exact) mass is 253 g/mol. The molecule has 0 atom stereocenters. The van der Waals surface area contributed by atoms with Crippen LogP contribution in [0, 0.1) is 5.41 Å². The molecule has 1 saturated carbocycles. The average molecular weight is 253 g/mol. The van der Waals surface area contributed by atoms with Crippen LogP contribution in [0.5, 0.6) is 0 Å². The summed E-state index contributed by atoms with van der Waals surface area (Å²) in [5, 5.41) is 0. The first-order chi connectivity index (χ1) is 8.83. The molecule has 0 heterocycles. The van der Waals surface area contributed by atoms with Crippen LogP contribution in [0.1, 0.15) is 96.8 Å². The molecule has 1 nitrogen and oxygen atoms in total. The molecule has 1 aliphatic rings. The molecule has 0 aromatic rings. The Balaban J connectivity index is 2.10. The Labute approximate surface area is 115 Å². The largest absolute Gasteiger partial charge is 0.330 e. The van der Waals surface area contributed by atoms with Crippen molar-refractivity contribution in [3.05, 3.63) is 0 Å². The summed E-state index contributed by atoms with van der Waals surface area (Å²) in [6.07, 6.45) is 19.9. The Hall–Kier alpha value is -0.0400. The number of rotatable bonds is 9. The third-order valence-electron chi connectivity index (χ3n) is 4.91. The molecular weight excluding hydrogens is 218 g/mol. The van der Waals surface area contributed by atoms with Gasteiger partial charge in [-0.1, -0.05) is 77.6 Å². The van der Waals surface area contributed by atoms with Gasteiger partial charge in [-0.15, -0.1) is 0 Å². The van der Waals surface area contributed by atoms with Gasteiger partial charge in [0.15, 0.2) is 0 Å². The molecule has 0 bridgehead atoms.